The summed E-state index contributed by atoms with van der Waals surface area (Å²) < 4.78 is 0. The molecule has 2 amide bonds. The van der Waals surface area contributed by atoms with Gasteiger partial charge >= 0.3 is 12.0 Å². The quantitative estimate of drug-likeness (QED) is 0.714. The number of hydrogen-bond donors (Lipinski definition) is 2. The molecular formula is C14H28N2O3. The van der Waals surface area contributed by atoms with Crippen molar-refractivity contribution in [1.82, 2.24) is 10.2 Å². The van der Waals surface area contributed by atoms with Crippen LogP contribution in [0.15, 0.2) is 0 Å². The summed E-state index contributed by atoms with van der Waals surface area (Å²) in [5, 5.41) is 11.8. The number of nitrogens with zero attached hydrogens (tertiary/aromatic N) is 1. The van der Waals surface area contributed by atoms with Crippen molar-refractivity contribution in [3.05, 3.63) is 0 Å². The Morgan fingerprint density at radius 2 is 1.63 bits per heavy atom. The highest BCUT2D eigenvalue weighted by Gasteiger charge is 2.29. The molecule has 0 heterocycles. The van der Waals surface area contributed by atoms with E-state index in [2.05, 4.69) is 26.1 Å². The maximum absolute atomic E-state index is 12.3. The normalized spacial score (nSPS) is 11.5. The highest BCUT2D eigenvalue weighted by atomic mass is 16.4. The summed E-state index contributed by atoms with van der Waals surface area (Å²) in [6, 6.07) is -0.176. The molecule has 0 aromatic heterocycles. The van der Waals surface area contributed by atoms with Gasteiger partial charge in [-0.3, -0.25) is 4.79 Å². The van der Waals surface area contributed by atoms with E-state index in [0.29, 0.717) is 0 Å². The Bertz CT molecular complexity index is 291. The smallest absolute Gasteiger partial charge is 0.318 e. The molecule has 0 fully saturated rings. The summed E-state index contributed by atoms with van der Waals surface area (Å²) in [6.07, 6.45) is 2.59. The lowest BCUT2D eigenvalue weighted by molar-refractivity contribution is -0.137. The number of hydrogen-bond acceptors (Lipinski definition) is 2. The number of urea groups is 1. The fraction of sp³-hybridized carbons (Fsp3) is 0.857. The van der Waals surface area contributed by atoms with Gasteiger partial charge in [-0.15, -0.1) is 0 Å². The highest BCUT2D eigenvalue weighted by molar-refractivity contribution is 5.76. The molecule has 0 aliphatic rings. The maximum atomic E-state index is 12.3. The molecule has 5 heteroatoms. The van der Waals surface area contributed by atoms with E-state index in [-0.39, 0.29) is 30.6 Å². The standard InChI is InChI=1S/C14H28N2O3/c1-6-14(7-2,8-3)15-13(19)16(11(4)5)10-9-12(17)18/h11H,6-10H2,1-5H3,(H,15,19)(H,17,18). The second-order valence-corrected chi connectivity index (χ2v) is 5.20. The van der Waals surface area contributed by atoms with E-state index < -0.39 is 5.97 Å². The summed E-state index contributed by atoms with van der Waals surface area (Å²) in [5.41, 5.74) is -0.187. The van der Waals surface area contributed by atoms with Crippen molar-refractivity contribution in [3.8, 4) is 0 Å². The Labute approximate surface area is 116 Å². The first-order valence-electron chi connectivity index (χ1n) is 7.12. The summed E-state index contributed by atoms with van der Waals surface area (Å²) >= 11 is 0. The molecule has 2 N–H and O–H groups in total. The molecule has 0 aromatic carbocycles. The number of nitrogens with one attached hydrogen (secondary N) is 1. The minimum atomic E-state index is -0.883. The summed E-state index contributed by atoms with van der Waals surface area (Å²) in [6.45, 7) is 10.2. The second-order valence-electron chi connectivity index (χ2n) is 5.20. The fourth-order valence-electron chi connectivity index (χ4n) is 2.12. The van der Waals surface area contributed by atoms with Crippen LogP contribution in [-0.4, -0.2) is 40.1 Å². The molecule has 0 aliphatic carbocycles. The van der Waals surface area contributed by atoms with Crippen molar-refractivity contribution in [2.45, 2.75) is 71.9 Å². The molecule has 0 bridgehead atoms. The van der Waals surface area contributed by atoms with E-state index in [1.165, 1.54) is 0 Å². The van der Waals surface area contributed by atoms with Crippen LogP contribution in [0.2, 0.25) is 0 Å². The molecule has 0 radical (unpaired) electrons. The zero-order valence-electron chi connectivity index (χ0n) is 12.8. The predicted molar refractivity (Wildman–Crippen MR) is 76.2 cm³/mol. The van der Waals surface area contributed by atoms with Crippen LogP contribution in [0.3, 0.4) is 0 Å². The molecule has 0 unspecified atom stereocenters. The minimum absolute atomic E-state index is 0.0115. The van der Waals surface area contributed by atoms with Gasteiger partial charge in [0.15, 0.2) is 0 Å². The van der Waals surface area contributed by atoms with Crippen molar-refractivity contribution < 1.29 is 14.7 Å². The Morgan fingerprint density at radius 1 is 1.16 bits per heavy atom. The molecule has 0 saturated heterocycles. The Hall–Kier alpha value is -1.26. The van der Waals surface area contributed by atoms with Gasteiger partial charge in [0, 0.05) is 18.1 Å². The van der Waals surface area contributed by atoms with Crippen molar-refractivity contribution >= 4 is 12.0 Å². The molecule has 0 aromatic rings. The number of rotatable bonds is 8. The van der Waals surface area contributed by atoms with E-state index in [4.69, 9.17) is 5.11 Å². The van der Waals surface area contributed by atoms with Crippen LogP contribution in [-0.2, 0) is 4.79 Å². The molecule has 0 aliphatic heterocycles. The van der Waals surface area contributed by atoms with Gasteiger partial charge in [-0.05, 0) is 33.1 Å². The third-order valence-corrected chi connectivity index (χ3v) is 3.85. The molecule has 19 heavy (non-hydrogen) atoms. The number of carboxylic acid groups (broad SMARTS) is 1. The van der Waals surface area contributed by atoms with Crippen molar-refractivity contribution in [2.75, 3.05) is 6.54 Å². The number of carbonyl (C=O) groups excluding carboxylic acids is 1. The van der Waals surface area contributed by atoms with Crippen LogP contribution in [0, 0.1) is 0 Å². The number of carbonyl (C=O) groups is 2. The average molecular weight is 272 g/mol. The third-order valence-electron chi connectivity index (χ3n) is 3.85. The minimum Gasteiger partial charge on any atom is -0.481 e. The summed E-state index contributed by atoms with van der Waals surface area (Å²) in [7, 11) is 0. The number of amides is 2. The van der Waals surface area contributed by atoms with Gasteiger partial charge in [-0.25, -0.2) is 4.79 Å². The molecular weight excluding hydrogens is 244 g/mol. The van der Waals surface area contributed by atoms with Crippen LogP contribution in [0.1, 0.15) is 60.3 Å². The predicted octanol–water partition coefficient (Wildman–Crippen LogP) is 2.85. The van der Waals surface area contributed by atoms with Gasteiger partial charge in [-0.2, -0.15) is 0 Å². The molecule has 0 rings (SSSR count). The van der Waals surface area contributed by atoms with E-state index in [0.717, 1.165) is 19.3 Å². The number of carboxylic acids is 1. The SMILES string of the molecule is CCC(CC)(CC)NC(=O)N(CCC(=O)O)C(C)C. The van der Waals surface area contributed by atoms with Gasteiger partial charge < -0.3 is 15.3 Å². The Morgan fingerprint density at radius 3 is 1.95 bits per heavy atom. The molecule has 5 nitrogen and oxygen atoms in total. The lowest BCUT2D eigenvalue weighted by Crippen LogP contribution is -2.54. The van der Waals surface area contributed by atoms with Crippen LogP contribution in [0.4, 0.5) is 4.79 Å². The molecule has 112 valence electrons. The third kappa shape index (κ3) is 5.49. The van der Waals surface area contributed by atoms with E-state index in [1.54, 1.807) is 4.90 Å². The maximum Gasteiger partial charge on any atom is 0.318 e. The van der Waals surface area contributed by atoms with Gasteiger partial charge in [-0.1, -0.05) is 20.8 Å². The van der Waals surface area contributed by atoms with E-state index >= 15 is 0 Å². The van der Waals surface area contributed by atoms with Crippen LogP contribution >= 0.6 is 0 Å². The van der Waals surface area contributed by atoms with Crippen molar-refractivity contribution in [2.24, 2.45) is 0 Å². The first-order chi connectivity index (χ1) is 8.81. The lowest BCUT2D eigenvalue weighted by Gasteiger charge is -2.36. The van der Waals surface area contributed by atoms with E-state index in [1.807, 2.05) is 13.8 Å². The largest absolute Gasteiger partial charge is 0.481 e. The number of aliphatic carboxylic acids is 1. The summed E-state index contributed by atoms with van der Waals surface area (Å²) in [5.74, 6) is -0.883. The van der Waals surface area contributed by atoms with Crippen LogP contribution in [0.25, 0.3) is 0 Å². The monoisotopic (exact) mass is 272 g/mol. The average Bonchev–Trinajstić information content (AvgIpc) is 2.35. The first kappa shape index (κ1) is 17.7. The van der Waals surface area contributed by atoms with Crippen LogP contribution < -0.4 is 5.32 Å². The first-order valence-corrected chi connectivity index (χ1v) is 7.12. The topological polar surface area (TPSA) is 69.6 Å². The van der Waals surface area contributed by atoms with Gasteiger partial charge in [0.25, 0.3) is 0 Å². The van der Waals surface area contributed by atoms with Gasteiger partial charge in [0.1, 0.15) is 0 Å². The summed E-state index contributed by atoms with van der Waals surface area (Å²) in [4.78, 5) is 24.5. The Kier molecular flexibility index (Phi) is 7.49. The Balaban J connectivity index is 4.76. The van der Waals surface area contributed by atoms with Gasteiger partial charge in [0.2, 0.25) is 0 Å². The second kappa shape index (κ2) is 8.02. The van der Waals surface area contributed by atoms with Crippen molar-refractivity contribution in [1.29, 1.82) is 0 Å². The van der Waals surface area contributed by atoms with Gasteiger partial charge in [0.05, 0.1) is 6.42 Å². The molecule has 0 saturated carbocycles. The molecule has 0 atom stereocenters. The molecule has 0 spiro atoms. The zero-order chi connectivity index (χ0) is 15.1. The zero-order valence-corrected chi connectivity index (χ0v) is 12.8. The lowest BCUT2D eigenvalue weighted by atomic mass is 9.90. The van der Waals surface area contributed by atoms with E-state index in [9.17, 15) is 9.59 Å². The van der Waals surface area contributed by atoms with Crippen molar-refractivity contribution in [3.63, 3.8) is 0 Å². The fourth-order valence-corrected chi connectivity index (χ4v) is 2.12. The van der Waals surface area contributed by atoms with Crippen LogP contribution in [0.5, 0.6) is 0 Å². The highest BCUT2D eigenvalue weighted by Crippen LogP contribution is 2.20.